The minimum Gasteiger partial charge on any atom is -0.349 e. The highest BCUT2D eigenvalue weighted by Gasteiger charge is 2.08. The fourth-order valence-corrected chi connectivity index (χ4v) is 1.58. The van der Waals surface area contributed by atoms with Crippen LogP contribution in [-0.4, -0.2) is 17.3 Å². The summed E-state index contributed by atoms with van der Waals surface area (Å²) in [5.74, 6) is -0.236. The molecule has 0 saturated heterocycles. The lowest BCUT2D eigenvalue weighted by atomic mass is 10.2. The Morgan fingerprint density at radius 3 is 2.67 bits per heavy atom. The van der Waals surface area contributed by atoms with Crippen molar-refractivity contribution < 1.29 is 4.79 Å². The van der Waals surface area contributed by atoms with Crippen LogP contribution in [0.3, 0.4) is 0 Å². The number of alkyl halides is 2. The quantitative estimate of drug-likeness (QED) is 0.633. The zero-order valence-electron chi connectivity index (χ0n) is 7.44. The fourth-order valence-electron chi connectivity index (χ4n) is 0.909. The first-order chi connectivity index (χ1) is 7.00. The Labute approximate surface area is 116 Å². The predicted octanol–water partition coefficient (Wildman–Crippen LogP) is 3.48. The smallest absolute Gasteiger partial charge is 0.251 e. The third-order valence-electron chi connectivity index (χ3n) is 1.60. The van der Waals surface area contributed by atoms with E-state index in [9.17, 15) is 4.79 Å². The van der Waals surface area contributed by atoms with Gasteiger partial charge in [-0.2, -0.15) is 0 Å². The highest BCUT2D eigenvalue weighted by atomic mass is 127. The molecule has 0 radical (unpaired) electrons. The summed E-state index contributed by atoms with van der Waals surface area (Å²) in [6.07, 6.45) is 0. The second kappa shape index (κ2) is 6.13. The van der Waals surface area contributed by atoms with Gasteiger partial charge in [-0.1, -0.05) is 11.6 Å². The number of amides is 1. The molecule has 1 rings (SSSR count). The number of nitrogens with one attached hydrogen (secondary N) is 1. The Bertz CT molecular complexity index is 370. The highest BCUT2D eigenvalue weighted by Crippen LogP contribution is 2.19. The molecule has 1 N–H and O–H groups in total. The molecule has 0 heterocycles. The van der Waals surface area contributed by atoms with Crippen LogP contribution in [0.15, 0.2) is 18.2 Å². The van der Waals surface area contributed by atoms with Gasteiger partial charge in [-0.15, -0.1) is 23.2 Å². The summed E-state index contributed by atoms with van der Waals surface area (Å²) in [6.45, 7) is 0.214. The lowest BCUT2D eigenvalue weighted by Crippen LogP contribution is -2.27. The van der Waals surface area contributed by atoms with E-state index in [1.54, 1.807) is 18.2 Å². The number of benzene rings is 1. The van der Waals surface area contributed by atoms with Crippen LogP contribution in [0.25, 0.3) is 0 Å². The molecule has 0 aliphatic carbocycles. The molecule has 0 bridgehead atoms. The normalized spacial score (nSPS) is 10.5. The summed E-state index contributed by atoms with van der Waals surface area (Å²) < 4.78 is 0.901. The average Bonchev–Trinajstić information content (AvgIpc) is 2.18. The third-order valence-corrected chi connectivity index (χ3v) is 3.48. The van der Waals surface area contributed by atoms with Gasteiger partial charge in [-0.3, -0.25) is 4.79 Å². The Balaban J connectivity index is 2.70. The minimum atomic E-state index is -0.603. The van der Waals surface area contributed by atoms with Crippen molar-refractivity contribution in [1.29, 1.82) is 0 Å². The maximum Gasteiger partial charge on any atom is 0.251 e. The van der Waals surface area contributed by atoms with Gasteiger partial charge in [0.1, 0.15) is 4.84 Å². The molecule has 2 nitrogen and oxygen atoms in total. The van der Waals surface area contributed by atoms with E-state index in [1.165, 1.54) is 0 Å². The molecule has 0 spiro atoms. The molecule has 0 fully saturated rings. The van der Waals surface area contributed by atoms with Crippen LogP contribution in [0, 0.1) is 3.57 Å². The Morgan fingerprint density at radius 1 is 1.47 bits per heavy atom. The van der Waals surface area contributed by atoms with Crippen LogP contribution < -0.4 is 5.32 Å². The molecule has 0 saturated carbocycles. The molecule has 82 valence electrons. The van der Waals surface area contributed by atoms with Crippen molar-refractivity contribution >= 4 is 63.3 Å². The molecule has 1 aromatic rings. The van der Waals surface area contributed by atoms with Crippen molar-refractivity contribution in [2.24, 2.45) is 0 Å². The minimum absolute atomic E-state index is 0.214. The van der Waals surface area contributed by atoms with Crippen LogP contribution >= 0.6 is 57.4 Å². The first-order valence-corrected chi connectivity index (χ1v) is 6.35. The highest BCUT2D eigenvalue weighted by molar-refractivity contribution is 14.1. The van der Waals surface area contributed by atoms with Crippen LogP contribution in [0.2, 0.25) is 5.02 Å². The molecular formula is C9H7Cl3INO. The second-order valence-electron chi connectivity index (χ2n) is 2.73. The van der Waals surface area contributed by atoms with E-state index in [0.29, 0.717) is 10.6 Å². The lowest BCUT2D eigenvalue weighted by molar-refractivity contribution is 0.0955. The number of carbonyl (C=O) groups excluding carboxylic acids is 1. The molecule has 0 unspecified atom stereocenters. The summed E-state index contributed by atoms with van der Waals surface area (Å²) in [6, 6.07) is 5.08. The molecule has 0 aliphatic rings. The van der Waals surface area contributed by atoms with Gasteiger partial charge in [-0.25, -0.2) is 0 Å². The van der Waals surface area contributed by atoms with Gasteiger partial charge >= 0.3 is 0 Å². The maximum absolute atomic E-state index is 11.5. The number of hydrogen-bond donors (Lipinski definition) is 1. The maximum atomic E-state index is 11.5. The molecular weight excluding hydrogens is 371 g/mol. The van der Waals surface area contributed by atoms with Gasteiger partial charge in [0, 0.05) is 15.7 Å². The first kappa shape index (κ1) is 13.4. The standard InChI is InChI=1S/C9H7Cl3INO/c10-6-3-5(1-2-7(6)13)9(15)14-4-8(11)12/h1-3,8H,4H2,(H,14,15). The molecule has 1 aromatic carbocycles. The van der Waals surface area contributed by atoms with Gasteiger partial charge in [0.15, 0.2) is 0 Å². The van der Waals surface area contributed by atoms with E-state index < -0.39 is 4.84 Å². The number of carbonyl (C=O) groups is 1. The monoisotopic (exact) mass is 377 g/mol. The van der Waals surface area contributed by atoms with Gasteiger partial charge in [-0.05, 0) is 40.8 Å². The Morgan fingerprint density at radius 2 is 2.13 bits per heavy atom. The summed E-state index contributed by atoms with van der Waals surface area (Å²) in [5, 5.41) is 3.13. The molecule has 0 aromatic heterocycles. The van der Waals surface area contributed by atoms with Crippen molar-refractivity contribution in [3.05, 3.63) is 32.4 Å². The van der Waals surface area contributed by atoms with Crippen LogP contribution in [0.5, 0.6) is 0 Å². The molecule has 6 heteroatoms. The van der Waals surface area contributed by atoms with E-state index in [-0.39, 0.29) is 12.5 Å². The fraction of sp³-hybridized carbons (Fsp3) is 0.222. The summed E-state index contributed by atoms with van der Waals surface area (Å²) >= 11 is 19.0. The van der Waals surface area contributed by atoms with Gasteiger partial charge in [0.05, 0.1) is 5.02 Å². The predicted molar refractivity (Wildman–Crippen MR) is 72.0 cm³/mol. The van der Waals surface area contributed by atoms with Crippen molar-refractivity contribution in [3.63, 3.8) is 0 Å². The zero-order valence-corrected chi connectivity index (χ0v) is 11.9. The van der Waals surface area contributed by atoms with Crippen molar-refractivity contribution in [2.45, 2.75) is 4.84 Å². The van der Waals surface area contributed by atoms with Crippen molar-refractivity contribution in [1.82, 2.24) is 5.32 Å². The van der Waals surface area contributed by atoms with Crippen LogP contribution in [-0.2, 0) is 0 Å². The lowest BCUT2D eigenvalue weighted by Gasteiger charge is -2.06. The van der Waals surface area contributed by atoms with Gasteiger partial charge < -0.3 is 5.32 Å². The average molecular weight is 378 g/mol. The van der Waals surface area contributed by atoms with E-state index in [1.807, 2.05) is 0 Å². The number of halogens is 4. The van der Waals surface area contributed by atoms with Crippen LogP contribution in [0.4, 0.5) is 0 Å². The summed E-state index contributed by atoms with van der Waals surface area (Å²) in [4.78, 5) is 10.9. The van der Waals surface area contributed by atoms with E-state index in [4.69, 9.17) is 34.8 Å². The summed E-state index contributed by atoms with van der Waals surface area (Å²) in [5.41, 5.74) is 0.495. The first-order valence-electron chi connectivity index (χ1n) is 4.02. The summed E-state index contributed by atoms with van der Waals surface area (Å²) in [7, 11) is 0. The molecule has 0 atom stereocenters. The number of rotatable bonds is 3. The number of hydrogen-bond acceptors (Lipinski definition) is 1. The van der Waals surface area contributed by atoms with E-state index >= 15 is 0 Å². The SMILES string of the molecule is O=C(NCC(Cl)Cl)c1ccc(I)c(Cl)c1. The largest absolute Gasteiger partial charge is 0.349 e. The Hall–Kier alpha value is 0.290. The van der Waals surface area contributed by atoms with Crippen molar-refractivity contribution in [2.75, 3.05) is 6.54 Å². The Kier molecular flexibility index (Phi) is 5.46. The van der Waals surface area contributed by atoms with Gasteiger partial charge in [0.25, 0.3) is 5.91 Å². The van der Waals surface area contributed by atoms with E-state index in [2.05, 4.69) is 27.9 Å². The topological polar surface area (TPSA) is 29.1 Å². The zero-order chi connectivity index (χ0) is 11.4. The molecule has 15 heavy (non-hydrogen) atoms. The molecule has 0 aliphatic heterocycles. The third kappa shape index (κ3) is 4.34. The molecule has 1 amide bonds. The second-order valence-corrected chi connectivity index (χ2v) is 5.58. The van der Waals surface area contributed by atoms with E-state index in [0.717, 1.165) is 3.57 Å². The van der Waals surface area contributed by atoms with Crippen molar-refractivity contribution in [3.8, 4) is 0 Å². The van der Waals surface area contributed by atoms with Crippen LogP contribution in [0.1, 0.15) is 10.4 Å². The van der Waals surface area contributed by atoms with Gasteiger partial charge in [0.2, 0.25) is 0 Å².